The average molecular weight is 267 g/mol. The molecule has 3 heteroatoms. The number of para-hydroxylation sites is 1. The first-order valence-electron chi connectivity index (χ1n) is 6.18. The molecule has 0 bridgehead atoms. The predicted molar refractivity (Wildman–Crippen MR) is 79.9 cm³/mol. The van der Waals surface area contributed by atoms with Gasteiger partial charge in [0.05, 0.1) is 16.9 Å². The summed E-state index contributed by atoms with van der Waals surface area (Å²) in [5, 5.41) is 2.99. The van der Waals surface area contributed by atoms with Gasteiger partial charge < -0.3 is 4.57 Å². The van der Waals surface area contributed by atoms with Gasteiger partial charge in [-0.1, -0.05) is 35.9 Å². The highest BCUT2D eigenvalue weighted by Crippen LogP contribution is 2.35. The summed E-state index contributed by atoms with van der Waals surface area (Å²) in [5.41, 5.74) is 4.30. The number of hydrogen-bond donors (Lipinski definition) is 0. The van der Waals surface area contributed by atoms with Crippen molar-refractivity contribution < 1.29 is 0 Å². The van der Waals surface area contributed by atoms with Crippen molar-refractivity contribution in [3.63, 3.8) is 0 Å². The molecular weight excluding hydrogens is 256 g/mol. The van der Waals surface area contributed by atoms with Crippen molar-refractivity contribution in [1.82, 2.24) is 9.55 Å². The fourth-order valence-electron chi connectivity index (χ4n) is 2.76. The second kappa shape index (κ2) is 3.72. The average Bonchev–Trinajstić information content (AvgIpc) is 2.79. The van der Waals surface area contributed by atoms with E-state index in [0.29, 0.717) is 0 Å². The Hall–Kier alpha value is -2.06. The van der Waals surface area contributed by atoms with Gasteiger partial charge >= 0.3 is 0 Å². The van der Waals surface area contributed by atoms with Gasteiger partial charge in [0.15, 0.2) is 0 Å². The molecule has 0 amide bonds. The first-order chi connectivity index (χ1) is 9.25. The number of nitrogens with zero attached hydrogens (tertiary/aromatic N) is 2. The van der Waals surface area contributed by atoms with E-state index in [-0.39, 0.29) is 0 Å². The van der Waals surface area contributed by atoms with E-state index in [1.807, 2.05) is 30.3 Å². The van der Waals surface area contributed by atoms with Gasteiger partial charge in [-0.2, -0.15) is 0 Å². The van der Waals surface area contributed by atoms with Crippen LogP contribution in [0.4, 0.5) is 0 Å². The van der Waals surface area contributed by atoms with Crippen LogP contribution in [-0.2, 0) is 7.05 Å². The minimum absolute atomic E-state index is 0.766. The maximum absolute atomic E-state index is 6.29. The van der Waals surface area contributed by atoms with Gasteiger partial charge in [-0.3, -0.25) is 0 Å². The number of hydrogen-bond acceptors (Lipinski definition) is 1. The number of rotatable bonds is 0. The van der Waals surface area contributed by atoms with Crippen LogP contribution < -0.4 is 0 Å². The molecule has 0 saturated carbocycles. The SMILES string of the molecule is Cn1c2c3ccccc3nc-2cc2c(Cl)cccc21. The topological polar surface area (TPSA) is 17.8 Å². The van der Waals surface area contributed by atoms with Crippen molar-refractivity contribution in [3.8, 4) is 11.4 Å². The highest BCUT2D eigenvalue weighted by atomic mass is 35.5. The number of aryl methyl sites for hydroxylation is 1. The number of benzene rings is 2. The van der Waals surface area contributed by atoms with E-state index < -0.39 is 0 Å². The molecule has 2 aromatic carbocycles. The lowest BCUT2D eigenvalue weighted by atomic mass is 10.1. The lowest BCUT2D eigenvalue weighted by Crippen LogP contribution is -1.98. The van der Waals surface area contributed by atoms with E-state index in [9.17, 15) is 0 Å². The summed E-state index contributed by atoms with van der Waals surface area (Å²) < 4.78 is 2.17. The molecule has 2 aliphatic rings. The molecule has 0 radical (unpaired) electrons. The summed E-state index contributed by atoms with van der Waals surface area (Å²) in [6.07, 6.45) is 0. The third-order valence-electron chi connectivity index (χ3n) is 3.65. The van der Waals surface area contributed by atoms with E-state index in [0.717, 1.165) is 32.8 Å². The molecule has 19 heavy (non-hydrogen) atoms. The molecule has 2 aromatic rings. The minimum Gasteiger partial charge on any atom is -0.342 e. The fraction of sp³-hybridized carbons (Fsp3) is 0.0625. The second-order valence-electron chi connectivity index (χ2n) is 4.74. The Morgan fingerprint density at radius 3 is 2.74 bits per heavy atom. The van der Waals surface area contributed by atoms with Crippen LogP contribution >= 0.6 is 11.6 Å². The zero-order chi connectivity index (χ0) is 13.0. The Kier molecular flexibility index (Phi) is 2.12. The molecule has 0 unspecified atom stereocenters. The van der Waals surface area contributed by atoms with Crippen LogP contribution in [0.15, 0.2) is 48.5 Å². The van der Waals surface area contributed by atoms with E-state index in [4.69, 9.17) is 11.6 Å². The summed E-state index contributed by atoms with van der Waals surface area (Å²) in [6, 6.07) is 16.3. The van der Waals surface area contributed by atoms with Gasteiger partial charge in [-0.25, -0.2) is 4.98 Å². The second-order valence-corrected chi connectivity index (χ2v) is 5.15. The quantitative estimate of drug-likeness (QED) is 0.459. The van der Waals surface area contributed by atoms with Crippen LogP contribution in [0.2, 0.25) is 5.02 Å². The van der Waals surface area contributed by atoms with Crippen molar-refractivity contribution in [1.29, 1.82) is 0 Å². The lowest BCUT2D eigenvalue weighted by molar-refractivity contribution is 0.967. The largest absolute Gasteiger partial charge is 0.342 e. The first kappa shape index (κ1) is 10.8. The Balaban J connectivity index is 2.31. The molecule has 2 aliphatic heterocycles. The summed E-state index contributed by atoms with van der Waals surface area (Å²) in [6.45, 7) is 0. The Morgan fingerprint density at radius 1 is 1.00 bits per heavy atom. The summed E-state index contributed by atoms with van der Waals surface area (Å²) in [5.74, 6) is 0. The van der Waals surface area contributed by atoms with Gasteiger partial charge in [0.25, 0.3) is 0 Å². The number of aromatic nitrogens is 2. The molecule has 0 spiro atoms. The van der Waals surface area contributed by atoms with E-state index in [2.05, 4.69) is 34.8 Å². The normalized spacial score (nSPS) is 11.7. The van der Waals surface area contributed by atoms with Gasteiger partial charge in [0.2, 0.25) is 0 Å². The highest BCUT2D eigenvalue weighted by molar-refractivity contribution is 6.35. The molecule has 0 atom stereocenters. The molecule has 0 N–H and O–H groups in total. The molecular formula is C16H11ClN2. The van der Waals surface area contributed by atoms with Crippen LogP contribution in [0, 0.1) is 0 Å². The molecule has 0 saturated heterocycles. The van der Waals surface area contributed by atoms with Gasteiger partial charge in [0, 0.05) is 28.4 Å². The van der Waals surface area contributed by atoms with Crippen LogP contribution in [0.5, 0.6) is 0 Å². The first-order valence-corrected chi connectivity index (χ1v) is 6.56. The van der Waals surface area contributed by atoms with E-state index >= 15 is 0 Å². The summed E-state index contributed by atoms with van der Waals surface area (Å²) >= 11 is 6.29. The molecule has 2 nitrogen and oxygen atoms in total. The molecule has 0 aromatic heterocycles. The molecule has 0 fully saturated rings. The Bertz CT molecular complexity index is 892. The molecule has 92 valence electrons. The third kappa shape index (κ3) is 1.41. The number of halogens is 1. The maximum Gasteiger partial charge on any atom is 0.0888 e. The van der Waals surface area contributed by atoms with Crippen molar-refractivity contribution in [2.24, 2.45) is 7.05 Å². The lowest BCUT2D eigenvalue weighted by Gasteiger charge is -2.12. The zero-order valence-electron chi connectivity index (χ0n) is 10.4. The highest BCUT2D eigenvalue weighted by Gasteiger charge is 2.16. The molecule has 4 rings (SSSR count). The van der Waals surface area contributed by atoms with Crippen LogP contribution in [0.1, 0.15) is 0 Å². The molecule has 0 aliphatic carbocycles. The minimum atomic E-state index is 0.766. The molecule has 2 heterocycles. The van der Waals surface area contributed by atoms with Crippen LogP contribution in [0.3, 0.4) is 0 Å². The monoisotopic (exact) mass is 266 g/mol. The van der Waals surface area contributed by atoms with Crippen molar-refractivity contribution >= 4 is 33.4 Å². The number of pyridine rings is 1. The predicted octanol–water partition coefficient (Wildman–Crippen LogP) is 4.48. The maximum atomic E-state index is 6.29. The standard InChI is InChI=1S/C16H11ClN2/c1-19-15-8-4-6-12(17)11(15)9-14-16(19)10-5-2-3-7-13(10)18-14/h2-9H,1H3. The van der Waals surface area contributed by atoms with Crippen molar-refractivity contribution in [2.45, 2.75) is 0 Å². The van der Waals surface area contributed by atoms with Crippen molar-refractivity contribution in [2.75, 3.05) is 0 Å². The van der Waals surface area contributed by atoms with Crippen LogP contribution in [0.25, 0.3) is 33.2 Å². The van der Waals surface area contributed by atoms with Crippen molar-refractivity contribution in [3.05, 3.63) is 53.6 Å². The van der Waals surface area contributed by atoms with Gasteiger partial charge in [0.1, 0.15) is 0 Å². The smallest absolute Gasteiger partial charge is 0.0888 e. The Morgan fingerprint density at radius 2 is 1.84 bits per heavy atom. The summed E-state index contributed by atoms with van der Waals surface area (Å²) in [4.78, 5) is 4.69. The zero-order valence-corrected chi connectivity index (χ0v) is 11.1. The van der Waals surface area contributed by atoms with E-state index in [1.165, 1.54) is 5.39 Å². The number of fused-ring (bicyclic) bond motifs is 4. The summed E-state index contributed by atoms with van der Waals surface area (Å²) in [7, 11) is 2.06. The van der Waals surface area contributed by atoms with Crippen LogP contribution in [-0.4, -0.2) is 9.55 Å². The third-order valence-corrected chi connectivity index (χ3v) is 3.98. The van der Waals surface area contributed by atoms with Gasteiger partial charge in [-0.15, -0.1) is 0 Å². The Labute approximate surface area is 115 Å². The fourth-order valence-corrected chi connectivity index (χ4v) is 2.99. The van der Waals surface area contributed by atoms with Gasteiger partial charge in [-0.05, 0) is 24.3 Å². The van der Waals surface area contributed by atoms with E-state index in [1.54, 1.807) is 0 Å².